The van der Waals surface area contributed by atoms with Crippen molar-refractivity contribution in [3.8, 4) is 5.88 Å². The predicted octanol–water partition coefficient (Wildman–Crippen LogP) is -0.395. The van der Waals surface area contributed by atoms with Gasteiger partial charge in [0.25, 0.3) is 12.4 Å². The molecule has 0 bridgehead atoms. The molecular weight excluding hydrogens is 112 g/mol. The van der Waals surface area contributed by atoms with Crippen LogP contribution in [0.15, 0.2) is 10.8 Å². The Kier molecular flexibility index (Phi) is 1.23. The smallest absolute Gasteiger partial charge is 0.299 e. The molecule has 1 rings (SSSR count). The van der Waals surface area contributed by atoms with Crippen LogP contribution in [0.5, 0.6) is 5.88 Å². The number of carbonyl (C=O) groups is 1. The Balaban J connectivity index is 2.62. The van der Waals surface area contributed by atoms with Crippen molar-refractivity contribution in [2.75, 3.05) is 0 Å². The molecule has 0 unspecified atom stereocenters. The van der Waals surface area contributed by atoms with E-state index in [0.717, 1.165) is 0 Å². The van der Waals surface area contributed by atoms with E-state index in [4.69, 9.17) is 0 Å². The average molecular weight is 114 g/mol. The standard InChI is InChI=1S/C3H2N2O3/c6-2-7-3-1-4-8-5-3/h1-2H. The highest BCUT2D eigenvalue weighted by Gasteiger charge is 1.92. The van der Waals surface area contributed by atoms with Crippen LogP contribution in [0.3, 0.4) is 0 Å². The van der Waals surface area contributed by atoms with Crippen molar-refractivity contribution in [3.05, 3.63) is 6.20 Å². The number of rotatable bonds is 2. The Morgan fingerprint density at radius 2 is 2.75 bits per heavy atom. The Morgan fingerprint density at radius 3 is 3.25 bits per heavy atom. The molecule has 0 aliphatic carbocycles. The molecule has 0 aromatic carbocycles. The largest absolute Gasteiger partial charge is 0.405 e. The van der Waals surface area contributed by atoms with E-state index in [1.165, 1.54) is 6.20 Å². The topological polar surface area (TPSA) is 65.2 Å². The Labute approximate surface area is 44.2 Å². The minimum atomic E-state index is 0.0694. The van der Waals surface area contributed by atoms with Crippen LogP contribution >= 0.6 is 0 Å². The predicted molar refractivity (Wildman–Crippen MR) is 21.0 cm³/mol. The zero-order valence-corrected chi connectivity index (χ0v) is 3.77. The second kappa shape index (κ2) is 2.06. The highest BCUT2D eigenvalue weighted by atomic mass is 16.6. The van der Waals surface area contributed by atoms with Gasteiger partial charge in [0.1, 0.15) is 6.20 Å². The number of hydrogen-bond acceptors (Lipinski definition) is 5. The van der Waals surface area contributed by atoms with Crippen LogP contribution in [-0.4, -0.2) is 16.8 Å². The maximum Gasteiger partial charge on any atom is 0.299 e. The molecule has 5 nitrogen and oxygen atoms in total. The molecule has 0 saturated carbocycles. The third-order valence-corrected chi connectivity index (χ3v) is 0.510. The summed E-state index contributed by atoms with van der Waals surface area (Å²) in [5.41, 5.74) is 0. The maximum absolute atomic E-state index is 9.54. The third-order valence-electron chi connectivity index (χ3n) is 0.510. The molecule has 0 N–H and O–H groups in total. The van der Waals surface area contributed by atoms with Gasteiger partial charge in [-0.05, 0) is 5.16 Å². The SMILES string of the molecule is O=COc1cnon1. The van der Waals surface area contributed by atoms with Gasteiger partial charge in [0.15, 0.2) is 0 Å². The van der Waals surface area contributed by atoms with Crippen molar-refractivity contribution in [2.45, 2.75) is 0 Å². The van der Waals surface area contributed by atoms with Crippen molar-refractivity contribution in [3.63, 3.8) is 0 Å². The molecule has 0 saturated heterocycles. The van der Waals surface area contributed by atoms with E-state index in [0.29, 0.717) is 0 Å². The summed E-state index contributed by atoms with van der Waals surface area (Å²) >= 11 is 0. The molecule has 42 valence electrons. The fraction of sp³-hybridized carbons (Fsp3) is 0. The molecular formula is C3H2N2O3. The highest BCUT2D eigenvalue weighted by Crippen LogP contribution is 1.97. The molecule has 1 aromatic rings. The quantitative estimate of drug-likeness (QED) is 0.489. The summed E-state index contributed by atoms with van der Waals surface area (Å²) in [7, 11) is 0. The molecule has 8 heavy (non-hydrogen) atoms. The third kappa shape index (κ3) is 0.810. The molecule has 1 aromatic heterocycles. The van der Waals surface area contributed by atoms with Gasteiger partial charge in [-0.1, -0.05) is 5.16 Å². The monoisotopic (exact) mass is 114 g/mol. The van der Waals surface area contributed by atoms with E-state index in [2.05, 4.69) is 19.7 Å². The van der Waals surface area contributed by atoms with Crippen molar-refractivity contribution in [1.29, 1.82) is 0 Å². The van der Waals surface area contributed by atoms with E-state index in [9.17, 15) is 4.79 Å². The number of hydrogen-bond donors (Lipinski definition) is 0. The van der Waals surface area contributed by atoms with Gasteiger partial charge < -0.3 is 4.74 Å². The molecule has 5 heteroatoms. The first-order valence-electron chi connectivity index (χ1n) is 1.81. The molecule has 0 atom stereocenters. The van der Waals surface area contributed by atoms with E-state index in [-0.39, 0.29) is 12.4 Å². The first-order valence-corrected chi connectivity index (χ1v) is 1.81. The fourth-order valence-electron chi connectivity index (χ4n) is 0.257. The maximum atomic E-state index is 9.54. The van der Waals surface area contributed by atoms with Crippen LogP contribution in [0.2, 0.25) is 0 Å². The zero-order chi connectivity index (χ0) is 5.82. The highest BCUT2D eigenvalue weighted by molar-refractivity contribution is 5.41. The molecule has 0 aliphatic rings. The van der Waals surface area contributed by atoms with Crippen LogP contribution in [0.1, 0.15) is 0 Å². The summed E-state index contributed by atoms with van der Waals surface area (Å²) in [6, 6.07) is 0. The summed E-state index contributed by atoms with van der Waals surface area (Å²) in [5.74, 6) is 0.0694. The number of nitrogens with zero attached hydrogens (tertiary/aromatic N) is 2. The molecule has 0 amide bonds. The molecule has 1 heterocycles. The van der Waals surface area contributed by atoms with Crippen LogP contribution < -0.4 is 4.74 Å². The van der Waals surface area contributed by atoms with Crippen LogP contribution in [-0.2, 0) is 4.79 Å². The van der Waals surface area contributed by atoms with Crippen LogP contribution in [0.4, 0.5) is 0 Å². The fourth-order valence-corrected chi connectivity index (χ4v) is 0.257. The van der Waals surface area contributed by atoms with E-state index in [1.807, 2.05) is 0 Å². The average Bonchev–Trinajstić information content (AvgIpc) is 2.19. The van der Waals surface area contributed by atoms with Gasteiger partial charge in [0.2, 0.25) is 0 Å². The van der Waals surface area contributed by atoms with Crippen molar-refractivity contribution in [1.82, 2.24) is 10.3 Å². The van der Waals surface area contributed by atoms with E-state index in [1.54, 1.807) is 0 Å². The van der Waals surface area contributed by atoms with Crippen LogP contribution in [0, 0.1) is 0 Å². The number of aromatic nitrogens is 2. The summed E-state index contributed by atoms with van der Waals surface area (Å²) in [6.45, 7) is 0.250. The van der Waals surface area contributed by atoms with Crippen LogP contribution in [0.25, 0.3) is 0 Å². The second-order valence-electron chi connectivity index (χ2n) is 0.960. The van der Waals surface area contributed by atoms with E-state index >= 15 is 0 Å². The number of carbonyl (C=O) groups excluding carboxylic acids is 1. The lowest BCUT2D eigenvalue weighted by Crippen LogP contribution is -1.86. The lowest BCUT2D eigenvalue weighted by molar-refractivity contribution is -0.121. The minimum absolute atomic E-state index is 0.0694. The lowest BCUT2D eigenvalue weighted by atomic mass is 10.9. The Hall–Kier alpha value is -1.39. The molecule has 0 spiro atoms. The van der Waals surface area contributed by atoms with Crippen molar-refractivity contribution < 1.29 is 14.2 Å². The van der Waals surface area contributed by atoms with E-state index < -0.39 is 0 Å². The van der Waals surface area contributed by atoms with Gasteiger partial charge in [-0.15, -0.1) is 0 Å². The summed E-state index contributed by atoms with van der Waals surface area (Å²) in [6.07, 6.45) is 1.19. The first-order chi connectivity index (χ1) is 3.93. The Morgan fingerprint density at radius 1 is 1.88 bits per heavy atom. The Bertz CT molecular complexity index is 159. The number of ether oxygens (including phenoxy) is 1. The van der Waals surface area contributed by atoms with Crippen molar-refractivity contribution in [2.24, 2.45) is 0 Å². The molecule has 0 fully saturated rings. The molecule has 0 radical (unpaired) electrons. The molecule has 0 aliphatic heterocycles. The van der Waals surface area contributed by atoms with Gasteiger partial charge in [0.05, 0.1) is 0 Å². The first kappa shape index (κ1) is 4.76. The lowest BCUT2D eigenvalue weighted by Gasteiger charge is -1.79. The van der Waals surface area contributed by atoms with Gasteiger partial charge in [-0.2, -0.15) is 0 Å². The second-order valence-corrected chi connectivity index (χ2v) is 0.960. The van der Waals surface area contributed by atoms with Gasteiger partial charge in [-0.25, -0.2) is 4.63 Å². The van der Waals surface area contributed by atoms with Crippen molar-refractivity contribution >= 4 is 6.47 Å². The summed E-state index contributed by atoms with van der Waals surface area (Å²) in [4.78, 5) is 9.54. The van der Waals surface area contributed by atoms with Gasteiger partial charge in [-0.3, -0.25) is 4.79 Å². The van der Waals surface area contributed by atoms with Gasteiger partial charge in [0, 0.05) is 0 Å². The van der Waals surface area contributed by atoms with Gasteiger partial charge >= 0.3 is 0 Å². The summed E-state index contributed by atoms with van der Waals surface area (Å²) in [5, 5.41) is 6.34. The minimum Gasteiger partial charge on any atom is -0.405 e. The normalized spacial score (nSPS) is 8.50. The summed E-state index contributed by atoms with van der Waals surface area (Å²) < 4.78 is 8.28. The zero-order valence-electron chi connectivity index (χ0n) is 3.77.